The number of hydrogen-bond acceptors (Lipinski definition) is 3. The average Bonchev–Trinajstić information content (AvgIpc) is 2.45. The lowest BCUT2D eigenvalue weighted by Gasteiger charge is -2.36. The van der Waals surface area contributed by atoms with Gasteiger partial charge in [-0.05, 0) is 44.5 Å². The fourth-order valence-corrected chi connectivity index (χ4v) is 2.82. The van der Waals surface area contributed by atoms with Crippen LogP contribution in [0, 0.1) is 5.82 Å². The Bertz CT molecular complexity index is 516. The molecule has 1 aliphatic rings. The van der Waals surface area contributed by atoms with Gasteiger partial charge >= 0.3 is 0 Å². The maximum absolute atomic E-state index is 13.6. The van der Waals surface area contributed by atoms with Gasteiger partial charge < -0.3 is 15.3 Å². The number of rotatable bonds is 4. The molecule has 4 nitrogen and oxygen atoms in total. The van der Waals surface area contributed by atoms with Crippen molar-refractivity contribution in [3.05, 3.63) is 34.1 Å². The molecular weight excluding hydrogens is 339 g/mol. The van der Waals surface area contributed by atoms with Crippen molar-refractivity contribution in [1.29, 1.82) is 0 Å². The predicted molar refractivity (Wildman–Crippen MR) is 82.7 cm³/mol. The zero-order valence-electron chi connectivity index (χ0n) is 12.0. The number of piperidine rings is 1. The van der Waals surface area contributed by atoms with Gasteiger partial charge in [-0.3, -0.25) is 4.79 Å². The molecule has 1 aliphatic heterocycles. The molecule has 0 saturated carbocycles. The van der Waals surface area contributed by atoms with E-state index in [1.54, 1.807) is 6.07 Å². The molecule has 1 heterocycles. The summed E-state index contributed by atoms with van der Waals surface area (Å²) >= 11 is 3.22. The molecule has 21 heavy (non-hydrogen) atoms. The summed E-state index contributed by atoms with van der Waals surface area (Å²) in [6.45, 7) is 2.04. The third-order valence-corrected chi connectivity index (χ3v) is 4.46. The van der Waals surface area contributed by atoms with Crippen LogP contribution in [0.25, 0.3) is 0 Å². The molecule has 2 N–H and O–H groups in total. The first-order chi connectivity index (χ1) is 9.89. The van der Waals surface area contributed by atoms with Gasteiger partial charge in [0.1, 0.15) is 5.82 Å². The summed E-state index contributed by atoms with van der Waals surface area (Å²) in [6, 6.07) is 4.26. The molecule has 116 valence electrons. The number of halogens is 2. The Kier molecular flexibility index (Phi) is 5.35. The van der Waals surface area contributed by atoms with Crippen molar-refractivity contribution < 1.29 is 14.3 Å². The molecule has 0 spiro atoms. The Labute approximate surface area is 132 Å². The quantitative estimate of drug-likeness (QED) is 0.867. The number of hydrogen-bond donors (Lipinski definition) is 2. The van der Waals surface area contributed by atoms with Crippen LogP contribution in [0.3, 0.4) is 0 Å². The van der Waals surface area contributed by atoms with E-state index in [1.165, 1.54) is 12.1 Å². The van der Waals surface area contributed by atoms with Crippen LogP contribution in [0.5, 0.6) is 0 Å². The molecule has 1 fully saturated rings. The lowest BCUT2D eigenvalue weighted by molar-refractivity contribution is -0.0214. The van der Waals surface area contributed by atoms with E-state index >= 15 is 0 Å². The van der Waals surface area contributed by atoms with Crippen LogP contribution >= 0.6 is 15.9 Å². The number of benzene rings is 1. The Morgan fingerprint density at radius 2 is 2.14 bits per heavy atom. The number of carbonyl (C=O) groups excluding carboxylic acids is 1. The van der Waals surface area contributed by atoms with Crippen LogP contribution in [-0.4, -0.2) is 48.2 Å². The van der Waals surface area contributed by atoms with E-state index in [4.69, 9.17) is 0 Å². The van der Waals surface area contributed by atoms with Gasteiger partial charge in [-0.2, -0.15) is 0 Å². The predicted octanol–water partition coefficient (Wildman–Crippen LogP) is 2.16. The van der Waals surface area contributed by atoms with Crippen molar-refractivity contribution in [2.45, 2.75) is 24.9 Å². The summed E-state index contributed by atoms with van der Waals surface area (Å²) in [7, 11) is 2.03. The van der Waals surface area contributed by atoms with E-state index in [0.29, 0.717) is 30.3 Å². The third-order valence-electron chi connectivity index (χ3n) is 3.97. The molecule has 0 bridgehead atoms. The minimum Gasteiger partial charge on any atom is -0.390 e. The summed E-state index contributed by atoms with van der Waals surface area (Å²) in [5, 5.41) is 13.1. The first kappa shape index (κ1) is 16.4. The molecule has 0 aromatic heterocycles. The molecule has 0 radical (unpaired) electrons. The summed E-state index contributed by atoms with van der Waals surface area (Å²) in [5.41, 5.74) is -0.713. The number of amides is 1. The van der Waals surface area contributed by atoms with Gasteiger partial charge in [0.25, 0.3) is 5.91 Å². The van der Waals surface area contributed by atoms with E-state index in [2.05, 4.69) is 26.1 Å². The van der Waals surface area contributed by atoms with Crippen molar-refractivity contribution in [1.82, 2.24) is 10.2 Å². The van der Waals surface area contributed by atoms with Gasteiger partial charge in [0, 0.05) is 24.1 Å². The van der Waals surface area contributed by atoms with Gasteiger partial charge in [0.05, 0.1) is 11.2 Å². The highest BCUT2D eigenvalue weighted by Gasteiger charge is 2.30. The molecule has 2 rings (SSSR count). The van der Waals surface area contributed by atoms with Gasteiger partial charge in [0.2, 0.25) is 0 Å². The molecule has 1 aromatic rings. The van der Waals surface area contributed by atoms with E-state index in [1.807, 2.05) is 7.05 Å². The van der Waals surface area contributed by atoms with Crippen LogP contribution < -0.4 is 5.32 Å². The fraction of sp³-hybridized carbons (Fsp3) is 0.533. The average molecular weight is 359 g/mol. The molecular formula is C15H20BrFN2O2. The highest BCUT2D eigenvalue weighted by atomic mass is 79.9. The van der Waals surface area contributed by atoms with Gasteiger partial charge in [-0.15, -0.1) is 0 Å². The molecule has 0 unspecified atom stereocenters. The molecule has 1 amide bonds. The summed E-state index contributed by atoms with van der Waals surface area (Å²) in [6.07, 6.45) is 1.89. The smallest absolute Gasteiger partial charge is 0.254 e. The SMILES string of the molecule is CN1CCC(O)(CCNC(=O)c2cc(Br)ccc2F)CC1. The summed E-state index contributed by atoms with van der Waals surface area (Å²) < 4.78 is 14.2. The number of aliphatic hydroxyl groups is 1. The largest absolute Gasteiger partial charge is 0.390 e. The first-order valence-electron chi connectivity index (χ1n) is 7.04. The van der Waals surface area contributed by atoms with Crippen molar-refractivity contribution in [2.24, 2.45) is 0 Å². The molecule has 1 saturated heterocycles. The molecule has 6 heteroatoms. The standard InChI is InChI=1S/C15H20BrFN2O2/c1-19-8-5-15(21,6-9-19)4-7-18-14(20)12-10-11(16)2-3-13(12)17/h2-3,10,21H,4-9H2,1H3,(H,18,20). The molecule has 0 atom stereocenters. The van der Waals surface area contributed by atoms with E-state index in [-0.39, 0.29) is 5.56 Å². The topological polar surface area (TPSA) is 52.6 Å². The minimum absolute atomic E-state index is 0.0137. The lowest BCUT2D eigenvalue weighted by Crippen LogP contribution is -2.44. The van der Waals surface area contributed by atoms with E-state index in [9.17, 15) is 14.3 Å². The van der Waals surface area contributed by atoms with Crippen LogP contribution in [-0.2, 0) is 0 Å². The number of likely N-dealkylation sites (tertiary alicyclic amines) is 1. The van der Waals surface area contributed by atoms with E-state index < -0.39 is 17.3 Å². The van der Waals surface area contributed by atoms with Crippen LogP contribution in [0.4, 0.5) is 4.39 Å². The monoisotopic (exact) mass is 358 g/mol. The fourth-order valence-electron chi connectivity index (χ4n) is 2.46. The van der Waals surface area contributed by atoms with Crippen molar-refractivity contribution in [3.8, 4) is 0 Å². The zero-order chi connectivity index (χ0) is 15.5. The summed E-state index contributed by atoms with van der Waals surface area (Å²) in [5.74, 6) is -1.00. The Morgan fingerprint density at radius 1 is 1.48 bits per heavy atom. The van der Waals surface area contributed by atoms with Crippen LogP contribution in [0.15, 0.2) is 22.7 Å². The van der Waals surface area contributed by atoms with Crippen LogP contribution in [0.1, 0.15) is 29.6 Å². The van der Waals surface area contributed by atoms with Gasteiger partial charge in [0.15, 0.2) is 0 Å². The van der Waals surface area contributed by atoms with Crippen molar-refractivity contribution in [3.63, 3.8) is 0 Å². The number of nitrogens with one attached hydrogen (secondary N) is 1. The van der Waals surface area contributed by atoms with Crippen molar-refractivity contribution in [2.75, 3.05) is 26.7 Å². The van der Waals surface area contributed by atoms with E-state index in [0.717, 1.165) is 13.1 Å². The second-order valence-electron chi connectivity index (χ2n) is 5.66. The zero-order valence-corrected chi connectivity index (χ0v) is 13.6. The second-order valence-corrected chi connectivity index (χ2v) is 6.57. The Balaban J connectivity index is 1.85. The first-order valence-corrected chi connectivity index (χ1v) is 7.83. The maximum atomic E-state index is 13.6. The maximum Gasteiger partial charge on any atom is 0.254 e. The number of carbonyl (C=O) groups is 1. The Hall–Kier alpha value is -0.980. The van der Waals surface area contributed by atoms with Gasteiger partial charge in [-0.25, -0.2) is 4.39 Å². The third kappa shape index (κ3) is 4.49. The molecule has 0 aliphatic carbocycles. The second kappa shape index (κ2) is 6.85. The normalized spacial score (nSPS) is 18.5. The highest BCUT2D eigenvalue weighted by molar-refractivity contribution is 9.10. The molecule has 1 aromatic carbocycles. The lowest BCUT2D eigenvalue weighted by atomic mass is 9.88. The number of nitrogens with zero attached hydrogens (tertiary/aromatic N) is 1. The van der Waals surface area contributed by atoms with Crippen LogP contribution in [0.2, 0.25) is 0 Å². The minimum atomic E-state index is -0.727. The highest BCUT2D eigenvalue weighted by Crippen LogP contribution is 2.24. The summed E-state index contributed by atoms with van der Waals surface area (Å²) in [4.78, 5) is 14.1. The van der Waals surface area contributed by atoms with Gasteiger partial charge in [-0.1, -0.05) is 15.9 Å². The van der Waals surface area contributed by atoms with Crippen molar-refractivity contribution >= 4 is 21.8 Å². The Morgan fingerprint density at radius 3 is 2.81 bits per heavy atom.